The molecule has 2 rings (SSSR count). The summed E-state index contributed by atoms with van der Waals surface area (Å²) in [5.41, 5.74) is 0.790. The number of benzene rings is 1. The summed E-state index contributed by atoms with van der Waals surface area (Å²) in [5.74, 6) is 1.23. The van der Waals surface area contributed by atoms with Crippen LogP contribution in [0.4, 0.5) is 0 Å². The maximum Gasteiger partial charge on any atom is 0.226 e. The van der Waals surface area contributed by atoms with Crippen LogP contribution in [0, 0.1) is 11.3 Å². The van der Waals surface area contributed by atoms with Gasteiger partial charge in [0.15, 0.2) is 0 Å². The highest BCUT2D eigenvalue weighted by atomic mass is 16.5. The van der Waals surface area contributed by atoms with Gasteiger partial charge < -0.3 is 9.63 Å². The van der Waals surface area contributed by atoms with Gasteiger partial charge in [-0.2, -0.15) is 10.2 Å². The van der Waals surface area contributed by atoms with Gasteiger partial charge in [-0.15, -0.1) is 0 Å². The average Bonchev–Trinajstić information content (AvgIpc) is 2.79. The second kappa shape index (κ2) is 5.12. The van der Waals surface area contributed by atoms with E-state index in [1.54, 1.807) is 24.3 Å². The quantitative estimate of drug-likeness (QED) is 0.813. The van der Waals surface area contributed by atoms with Crippen molar-refractivity contribution in [2.75, 3.05) is 0 Å². The summed E-state index contributed by atoms with van der Waals surface area (Å²) in [7, 11) is 0. The summed E-state index contributed by atoms with van der Waals surface area (Å²) >= 11 is 0. The summed E-state index contributed by atoms with van der Waals surface area (Å²) in [6, 6.07) is 8.65. The molecule has 5 heteroatoms. The monoisotopic (exact) mass is 229 g/mol. The van der Waals surface area contributed by atoms with Gasteiger partial charge in [-0.25, -0.2) is 0 Å². The van der Waals surface area contributed by atoms with E-state index < -0.39 is 0 Å². The molecule has 0 atom stereocenters. The number of hydrogen-bond donors (Lipinski definition) is 1. The van der Waals surface area contributed by atoms with E-state index in [9.17, 15) is 0 Å². The fraction of sp³-hybridized carbons (Fsp3) is 0.250. The molecular weight excluding hydrogens is 218 g/mol. The summed E-state index contributed by atoms with van der Waals surface area (Å²) in [6.07, 6.45) is 1.81. The normalized spacial score (nSPS) is 10.1. The maximum absolute atomic E-state index is 9.16. The number of aromatic hydroxyl groups is 1. The average molecular weight is 229 g/mol. The lowest BCUT2D eigenvalue weighted by Gasteiger charge is -1.93. The number of phenolic OH excluding ortho intramolecular Hbond substituents is 1. The molecule has 86 valence electrons. The molecule has 0 aliphatic rings. The van der Waals surface area contributed by atoms with Crippen LogP contribution in [-0.2, 0) is 6.42 Å². The molecular formula is C12H11N3O2. The summed E-state index contributed by atoms with van der Waals surface area (Å²) in [4.78, 5) is 4.21. The third-order valence-electron chi connectivity index (χ3n) is 2.27. The molecule has 1 heterocycles. The van der Waals surface area contributed by atoms with E-state index >= 15 is 0 Å². The van der Waals surface area contributed by atoms with Crippen LogP contribution in [0.2, 0.25) is 0 Å². The number of phenols is 1. The number of nitrogens with zero attached hydrogens (tertiary/aromatic N) is 3. The van der Waals surface area contributed by atoms with Crippen LogP contribution >= 0.6 is 0 Å². The minimum Gasteiger partial charge on any atom is -0.508 e. The SMILES string of the molecule is N#CCCCc1nc(-c2ccc(O)cc2)no1. The van der Waals surface area contributed by atoms with Crippen molar-refractivity contribution in [2.24, 2.45) is 0 Å². The van der Waals surface area contributed by atoms with Crippen molar-refractivity contribution < 1.29 is 9.63 Å². The molecule has 1 aromatic heterocycles. The Hall–Kier alpha value is -2.35. The highest BCUT2D eigenvalue weighted by Gasteiger charge is 2.07. The zero-order valence-electron chi connectivity index (χ0n) is 9.13. The molecule has 2 aromatic rings. The maximum atomic E-state index is 9.16. The lowest BCUT2D eigenvalue weighted by molar-refractivity contribution is 0.376. The fourth-order valence-electron chi connectivity index (χ4n) is 1.40. The van der Waals surface area contributed by atoms with Gasteiger partial charge in [-0.3, -0.25) is 0 Å². The van der Waals surface area contributed by atoms with Crippen LogP contribution in [0.5, 0.6) is 5.75 Å². The van der Waals surface area contributed by atoms with Crippen molar-refractivity contribution in [2.45, 2.75) is 19.3 Å². The van der Waals surface area contributed by atoms with E-state index in [2.05, 4.69) is 16.2 Å². The lowest BCUT2D eigenvalue weighted by Crippen LogP contribution is -1.85. The Balaban J connectivity index is 2.08. The highest BCUT2D eigenvalue weighted by molar-refractivity contribution is 5.55. The Morgan fingerprint density at radius 2 is 2.06 bits per heavy atom. The van der Waals surface area contributed by atoms with Crippen LogP contribution < -0.4 is 0 Å². The van der Waals surface area contributed by atoms with Gasteiger partial charge in [-0.05, 0) is 30.7 Å². The van der Waals surface area contributed by atoms with Crippen LogP contribution in [0.1, 0.15) is 18.7 Å². The predicted octanol–water partition coefficient (Wildman–Crippen LogP) is 2.29. The zero-order valence-corrected chi connectivity index (χ0v) is 9.13. The standard InChI is InChI=1S/C12H11N3O2/c13-8-2-1-3-11-14-12(15-17-11)9-4-6-10(16)7-5-9/h4-7,16H,1-3H2. The third-order valence-corrected chi connectivity index (χ3v) is 2.27. The number of aryl methyl sites for hydroxylation is 1. The van der Waals surface area contributed by atoms with Crippen molar-refractivity contribution in [3.63, 3.8) is 0 Å². The Morgan fingerprint density at radius 1 is 1.29 bits per heavy atom. The molecule has 0 aliphatic heterocycles. The number of unbranched alkanes of at least 4 members (excludes halogenated alkanes) is 1. The van der Waals surface area contributed by atoms with E-state index in [-0.39, 0.29) is 5.75 Å². The molecule has 0 radical (unpaired) electrons. The Bertz CT molecular complexity index is 525. The molecule has 0 unspecified atom stereocenters. The first-order valence-electron chi connectivity index (χ1n) is 5.28. The van der Waals surface area contributed by atoms with Gasteiger partial charge in [0.2, 0.25) is 11.7 Å². The van der Waals surface area contributed by atoms with Crippen molar-refractivity contribution in [3.8, 4) is 23.2 Å². The molecule has 0 saturated heterocycles. The first-order valence-corrected chi connectivity index (χ1v) is 5.28. The largest absolute Gasteiger partial charge is 0.508 e. The Labute approximate surface area is 98.3 Å². The molecule has 0 spiro atoms. The van der Waals surface area contributed by atoms with E-state index in [4.69, 9.17) is 14.9 Å². The van der Waals surface area contributed by atoms with E-state index in [0.717, 1.165) is 5.56 Å². The first-order chi connectivity index (χ1) is 8.29. The second-order valence-electron chi connectivity index (χ2n) is 3.57. The Kier molecular flexibility index (Phi) is 3.36. The minimum atomic E-state index is 0.200. The molecule has 5 nitrogen and oxygen atoms in total. The zero-order chi connectivity index (χ0) is 12.1. The van der Waals surface area contributed by atoms with Crippen LogP contribution in [0.15, 0.2) is 28.8 Å². The fourth-order valence-corrected chi connectivity index (χ4v) is 1.40. The van der Waals surface area contributed by atoms with Gasteiger partial charge in [0, 0.05) is 18.4 Å². The van der Waals surface area contributed by atoms with E-state index in [1.165, 1.54) is 0 Å². The van der Waals surface area contributed by atoms with Crippen LogP contribution in [-0.4, -0.2) is 15.2 Å². The summed E-state index contributed by atoms with van der Waals surface area (Å²) in [5, 5.41) is 21.4. The molecule has 1 aromatic carbocycles. The second-order valence-corrected chi connectivity index (χ2v) is 3.57. The Morgan fingerprint density at radius 3 is 2.76 bits per heavy atom. The van der Waals surface area contributed by atoms with Crippen LogP contribution in [0.3, 0.4) is 0 Å². The molecule has 0 bridgehead atoms. The molecule has 1 N–H and O–H groups in total. The number of nitriles is 1. The van der Waals surface area contributed by atoms with Crippen molar-refractivity contribution in [1.29, 1.82) is 5.26 Å². The van der Waals surface area contributed by atoms with E-state index in [0.29, 0.717) is 31.0 Å². The molecule has 0 fully saturated rings. The molecule has 0 aliphatic carbocycles. The third kappa shape index (κ3) is 2.82. The number of hydrogen-bond acceptors (Lipinski definition) is 5. The number of aromatic nitrogens is 2. The van der Waals surface area contributed by atoms with Crippen molar-refractivity contribution in [1.82, 2.24) is 10.1 Å². The van der Waals surface area contributed by atoms with E-state index in [1.807, 2.05) is 0 Å². The summed E-state index contributed by atoms with van der Waals surface area (Å²) < 4.78 is 5.06. The molecule has 0 amide bonds. The van der Waals surface area contributed by atoms with Gasteiger partial charge in [0.05, 0.1) is 6.07 Å². The first kappa shape index (κ1) is 11.1. The topological polar surface area (TPSA) is 82.9 Å². The lowest BCUT2D eigenvalue weighted by atomic mass is 10.2. The smallest absolute Gasteiger partial charge is 0.226 e. The van der Waals surface area contributed by atoms with Crippen LogP contribution in [0.25, 0.3) is 11.4 Å². The van der Waals surface area contributed by atoms with Gasteiger partial charge in [-0.1, -0.05) is 5.16 Å². The van der Waals surface area contributed by atoms with Gasteiger partial charge in [0.1, 0.15) is 5.75 Å². The highest BCUT2D eigenvalue weighted by Crippen LogP contribution is 2.19. The molecule has 0 saturated carbocycles. The van der Waals surface area contributed by atoms with Crippen molar-refractivity contribution in [3.05, 3.63) is 30.2 Å². The van der Waals surface area contributed by atoms with Crippen molar-refractivity contribution >= 4 is 0 Å². The van der Waals surface area contributed by atoms with Gasteiger partial charge >= 0.3 is 0 Å². The minimum absolute atomic E-state index is 0.200. The summed E-state index contributed by atoms with van der Waals surface area (Å²) in [6.45, 7) is 0. The molecule has 17 heavy (non-hydrogen) atoms. The number of rotatable bonds is 4. The van der Waals surface area contributed by atoms with Gasteiger partial charge in [0.25, 0.3) is 0 Å². The predicted molar refractivity (Wildman–Crippen MR) is 59.9 cm³/mol.